The van der Waals surface area contributed by atoms with Gasteiger partial charge in [0.15, 0.2) is 5.65 Å². The Labute approximate surface area is 187 Å². The fraction of sp³-hybridized carbons (Fsp3) is 0.182. The smallest absolute Gasteiger partial charge is 0.227 e. The number of rotatable bonds is 3. The first kappa shape index (κ1) is 20.0. The van der Waals surface area contributed by atoms with Crippen LogP contribution in [0.25, 0.3) is 33.4 Å². The van der Waals surface area contributed by atoms with Gasteiger partial charge in [-0.25, -0.2) is 19.9 Å². The molecule has 4 heterocycles. The van der Waals surface area contributed by atoms with Crippen LogP contribution in [0.4, 0.5) is 11.6 Å². The Morgan fingerprint density at radius 3 is 2.58 bits per heavy atom. The molecule has 3 aromatic heterocycles. The number of halogens is 1. The average molecular weight is 479 g/mol. The first-order chi connectivity index (χ1) is 15.0. The number of aromatic nitrogens is 4. The zero-order valence-electron chi connectivity index (χ0n) is 16.5. The molecule has 0 radical (unpaired) electrons. The van der Waals surface area contributed by atoms with Gasteiger partial charge in [-0.15, -0.1) is 0 Å². The van der Waals surface area contributed by atoms with Crippen molar-refractivity contribution in [1.29, 1.82) is 0 Å². The summed E-state index contributed by atoms with van der Waals surface area (Å²) in [7, 11) is 0. The van der Waals surface area contributed by atoms with Gasteiger partial charge in [-0.2, -0.15) is 0 Å². The Bertz CT molecular complexity index is 1260. The van der Waals surface area contributed by atoms with Crippen LogP contribution in [0.2, 0.25) is 0 Å². The van der Waals surface area contributed by atoms with Gasteiger partial charge in [-0.3, -0.25) is 0 Å². The first-order valence-corrected chi connectivity index (χ1v) is 10.6. The highest BCUT2D eigenvalue weighted by molar-refractivity contribution is 9.10. The number of benzene rings is 1. The van der Waals surface area contributed by atoms with Gasteiger partial charge in [-0.05, 0) is 35.4 Å². The van der Waals surface area contributed by atoms with Crippen LogP contribution in [0, 0.1) is 5.21 Å². The van der Waals surface area contributed by atoms with E-state index in [0.29, 0.717) is 54.7 Å². The molecule has 0 atom stereocenters. The van der Waals surface area contributed by atoms with E-state index in [0.717, 1.165) is 21.2 Å². The summed E-state index contributed by atoms with van der Waals surface area (Å²) in [4.78, 5) is 17.6. The SMILES string of the molecule is Nc1ncnc2nc(-c3ccc([N+]4([O-])CCOCC4)nc3)cc(-c3cccc(Br)c3)c12. The molecular formula is C22H19BrN6O2. The summed E-state index contributed by atoms with van der Waals surface area (Å²) in [5, 5.41) is 13.7. The lowest BCUT2D eigenvalue weighted by Gasteiger charge is -2.43. The van der Waals surface area contributed by atoms with Gasteiger partial charge in [-0.1, -0.05) is 28.1 Å². The van der Waals surface area contributed by atoms with Crippen molar-refractivity contribution in [1.82, 2.24) is 24.6 Å². The van der Waals surface area contributed by atoms with Crippen molar-refractivity contribution in [2.24, 2.45) is 0 Å². The van der Waals surface area contributed by atoms with E-state index >= 15 is 0 Å². The van der Waals surface area contributed by atoms with E-state index in [1.54, 1.807) is 12.3 Å². The van der Waals surface area contributed by atoms with Crippen molar-refractivity contribution < 1.29 is 4.74 Å². The fourth-order valence-electron chi connectivity index (χ4n) is 3.77. The highest BCUT2D eigenvalue weighted by Crippen LogP contribution is 2.35. The predicted octanol–water partition coefficient (Wildman–Crippen LogP) is 3.93. The standard InChI is InChI=1S/C22H19BrN6O2/c23-16-3-1-2-14(10-16)17-11-18(28-22-20(17)21(24)26-13-27-22)15-4-5-19(25-12-15)29(30)6-8-31-9-7-29/h1-5,10-13H,6-9H2,(H2,24,26,27,28). The topological polar surface area (TPSA) is 110 Å². The molecule has 1 aromatic carbocycles. The summed E-state index contributed by atoms with van der Waals surface area (Å²) in [6.07, 6.45) is 3.09. The van der Waals surface area contributed by atoms with Gasteiger partial charge in [0, 0.05) is 22.3 Å². The molecule has 1 fully saturated rings. The van der Waals surface area contributed by atoms with Crippen molar-refractivity contribution >= 4 is 38.6 Å². The number of morpholine rings is 1. The number of hydrogen-bond donors (Lipinski definition) is 1. The van der Waals surface area contributed by atoms with Crippen molar-refractivity contribution in [3.05, 3.63) is 64.7 Å². The van der Waals surface area contributed by atoms with Crippen molar-refractivity contribution in [2.75, 3.05) is 32.0 Å². The number of nitrogens with two attached hydrogens (primary N) is 1. The minimum Gasteiger partial charge on any atom is -0.626 e. The van der Waals surface area contributed by atoms with Crippen molar-refractivity contribution in [3.63, 3.8) is 0 Å². The van der Waals surface area contributed by atoms with Gasteiger partial charge in [0.2, 0.25) is 5.82 Å². The Balaban J connectivity index is 1.62. The highest BCUT2D eigenvalue weighted by Gasteiger charge is 2.25. The molecule has 156 valence electrons. The van der Waals surface area contributed by atoms with Crippen LogP contribution >= 0.6 is 15.9 Å². The van der Waals surface area contributed by atoms with Gasteiger partial charge < -0.3 is 20.3 Å². The maximum absolute atomic E-state index is 13.0. The number of nitrogens with zero attached hydrogens (tertiary/aromatic N) is 5. The molecule has 1 aliphatic rings. The van der Waals surface area contributed by atoms with Crippen LogP contribution in [0.5, 0.6) is 0 Å². The van der Waals surface area contributed by atoms with Crippen LogP contribution in [0.15, 0.2) is 59.5 Å². The third kappa shape index (κ3) is 3.77. The zero-order chi connectivity index (χ0) is 21.4. The lowest BCUT2D eigenvalue weighted by molar-refractivity contribution is 0.0602. The van der Waals surface area contributed by atoms with E-state index in [1.807, 2.05) is 36.4 Å². The maximum Gasteiger partial charge on any atom is 0.227 e. The van der Waals surface area contributed by atoms with E-state index in [4.69, 9.17) is 10.5 Å². The summed E-state index contributed by atoms with van der Waals surface area (Å²) < 4.78 is 5.79. The molecule has 2 N–H and O–H groups in total. The molecule has 4 aromatic rings. The van der Waals surface area contributed by atoms with Crippen molar-refractivity contribution in [3.8, 4) is 22.4 Å². The summed E-state index contributed by atoms with van der Waals surface area (Å²) in [5.41, 5.74) is 10.0. The second-order valence-electron chi connectivity index (χ2n) is 7.38. The molecule has 1 saturated heterocycles. The van der Waals surface area contributed by atoms with Crippen LogP contribution in [0.1, 0.15) is 0 Å². The third-order valence-electron chi connectivity index (χ3n) is 5.42. The molecule has 0 saturated carbocycles. The second-order valence-corrected chi connectivity index (χ2v) is 8.29. The number of hydroxylamine groups is 2. The lowest BCUT2D eigenvalue weighted by Crippen LogP contribution is -2.52. The molecule has 8 nitrogen and oxygen atoms in total. The largest absolute Gasteiger partial charge is 0.626 e. The maximum atomic E-state index is 13.0. The number of nitrogen functional groups attached to an aromatic ring is 1. The van der Waals surface area contributed by atoms with Crippen molar-refractivity contribution in [2.45, 2.75) is 0 Å². The lowest BCUT2D eigenvalue weighted by atomic mass is 10.0. The second kappa shape index (κ2) is 7.93. The predicted molar refractivity (Wildman–Crippen MR) is 124 cm³/mol. The normalized spacial score (nSPS) is 15.8. The average Bonchev–Trinajstić information content (AvgIpc) is 2.79. The minimum absolute atomic E-state index is 0.365. The number of quaternary nitrogens is 1. The Morgan fingerprint density at radius 1 is 1.00 bits per heavy atom. The van der Waals surface area contributed by atoms with Gasteiger partial charge in [0.1, 0.15) is 25.2 Å². The molecule has 31 heavy (non-hydrogen) atoms. The Kier molecular flexibility index (Phi) is 5.11. The summed E-state index contributed by atoms with van der Waals surface area (Å²) in [5.74, 6) is 0.851. The molecule has 5 rings (SSSR count). The van der Waals surface area contributed by atoms with Crippen LogP contribution in [-0.2, 0) is 4.74 Å². The summed E-state index contributed by atoms with van der Waals surface area (Å²) in [6.45, 7) is 1.61. The number of hydrogen-bond acceptors (Lipinski definition) is 7. The number of fused-ring (bicyclic) bond motifs is 1. The monoisotopic (exact) mass is 478 g/mol. The number of ether oxygens (including phenoxy) is 1. The summed E-state index contributed by atoms with van der Waals surface area (Å²) >= 11 is 3.53. The Morgan fingerprint density at radius 2 is 1.84 bits per heavy atom. The minimum atomic E-state index is -0.474. The molecule has 1 aliphatic heterocycles. The Hall–Kier alpha value is -2.98. The molecule has 0 aliphatic carbocycles. The van der Waals surface area contributed by atoms with Gasteiger partial charge in [0.05, 0.1) is 24.3 Å². The van der Waals surface area contributed by atoms with E-state index in [2.05, 4.69) is 35.9 Å². The van der Waals surface area contributed by atoms with Crippen LogP contribution < -0.4 is 10.4 Å². The molecule has 9 heteroatoms. The quantitative estimate of drug-likeness (QED) is 0.350. The summed E-state index contributed by atoms with van der Waals surface area (Å²) in [6, 6.07) is 13.5. The third-order valence-corrected chi connectivity index (χ3v) is 5.92. The molecule has 0 amide bonds. The van der Waals surface area contributed by atoms with Crippen LogP contribution in [-0.4, -0.2) is 46.2 Å². The number of pyridine rings is 2. The van der Waals surface area contributed by atoms with Crippen LogP contribution in [0.3, 0.4) is 0 Å². The molecule has 0 unspecified atom stereocenters. The fourth-order valence-corrected chi connectivity index (χ4v) is 4.16. The molecule has 0 spiro atoms. The molecule has 0 bridgehead atoms. The number of anilines is 1. The molecular weight excluding hydrogens is 460 g/mol. The van der Waals surface area contributed by atoms with E-state index in [1.165, 1.54) is 6.33 Å². The zero-order valence-corrected chi connectivity index (χ0v) is 18.1. The highest BCUT2D eigenvalue weighted by atomic mass is 79.9. The van der Waals surface area contributed by atoms with E-state index < -0.39 is 4.65 Å². The van der Waals surface area contributed by atoms with Gasteiger partial charge >= 0.3 is 0 Å². The van der Waals surface area contributed by atoms with E-state index in [-0.39, 0.29) is 0 Å². The first-order valence-electron chi connectivity index (χ1n) is 9.83. The van der Waals surface area contributed by atoms with Gasteiger partial charge in [0.25, 0.3) is 0 Å². The van der Waals surface area contributed by atoms with E-state index in [9.17, 15) is 5.21 Å².